The van der Waals surface area contributed by atoms with Crippen molar-refractivity contribution in [3.05, 3.63) is 47.3 Å². The highest BCUT2D eigenvalue weighted by Crippen LogP contribution is 2.40. The van der Waals surface area contributed by atoms with Crippen molar-refractivity contribution >= 4 is 17.5 Å². The molecule has 0 saturated heterocycles. The molecular weight excluding hydrogens is 244 g/mol. The predicted molar refractivity (Wildman–Crippen MR) is 66.7 cm³/mol. The minimum Gasteiger partial charge on any atom is -0.326 e. The van der Waals surface area contributed by atoms with Crippen LogP contribution in [-0.4, -0.2) is 21.6 Å². The van der Waals surface area contributed by atoms with Gasteiger partial charge in [0.05, 0.1) is 11.9 Å². The maximum absolute atomic E-state index is 12.4. The Morgan fingerprint density at radius 2 is 2.05 bits per heavy atom. The van der Waals surface area contributed by atoms with Crippen molar-refractivity contribution in [2.24, 2.45) is 7.05 Å². The molecule has 6 heteroatoms. The van der Waals surface area contributed by atoms with Crippen LogP contribution < -0.4 is 10.2 Å². The maximum Gasteiger partial charge on any atom is 0.273 e. The summed E-state index contributed by atoms with van der Waals surface area (Å²) in [4.78, 5) is 26.2. The molecule has 0 aliphatic carbocycles. The van der Waals surface area contributed by atoms with E-state index in [0.717, 1.165) is 5.56 Å². The lowest BCUT2D eigenvalue weighted by atomic mass is 10.1. The SMILES string of the molecule is Cn1ncc2c1C(=O)NC1c3ccccc3C(=O)N21. The molecular formula is C13H10N4O2. The highest BCUT2D eigenvalue weighted by molar-refractivity contribution is 6.16. The number of nitrogens with zero attached hydrogens (tertiary/aromatic N) is 3. The van der Waals surface area contributed by atoms with Gasteiger partial charge in [0.15, 0.2) is 0 Å². The van der Waals surface area contributed by atoms with Crippen molar-refractivity contribution in [1.29, 1.82) is 0 Å². The molecule has 6 nitrogen and oxygen atoms in total. The molecule has 2 aliphatic rings. The summed E-state index contributed by atoms with van der Waals surface area (Å²) in [5.74, 6) is -0.310. The number of aromatic nitrogens is 2. The molecule has 3 heterocycles. The highest BCUT2D eigenvalue weighted by atomic mass is 16.2. The topological polar surface area (TPSA) is 67.2 Å². The van der Waals surface area contributed by atoms with Crippen molar-refractivity contribution in [2.45, 2.75) is 6.17 Å². The Kier molecular flexibility index (Phi) is 1.75. The number of fused-ring (bicyclic) bond motifs is 5. The predicted octanol–water partition coefficient (Wildman–Crippen LogP) is 0.823. The Bertz CT molecular complexity index is 734. The average molecular weight is 254 g/mol. The largest absolute Gasteiger partial charge is 0.326 e. The summed E-state index contributed by atoms with van der Waals surface area (Å²) in [7, 11) is 1.69. The van der Waals surface area contributed by atoms with Gasteiger partial charge in [-0.05, 0) is 6.07 Å². The first-order chi connectivity index (χ1) is 9.18. The maximum atomic E-state index is 12.4. The van der Waals surface area contributed by atoms with Crippen LogP contribution in [-0.2, 0) is 7.05 Å². The van der Waals surface area contributed by atoms with Crippen LogP contribution >= 0.6 is 0 Å². The van der Waals surface area contributed by atoms with Gasteiger partial charge in [0.25, 0.3) is 11.8 Å². The van der Waals surface area contributed by atoms with E-state index >= 15 is 0 Å². The van der Waals surface area contributed by atoms with Crippen LogP contribution in [0.5, 0.6) is 0 Å². The quantitative estimate of drug-likeness (QED) is 0.757. The van der Waals surface area contributed by atoms with Crippen LogP contribution in [0.15, 0.2) is 30.5 Å². The smallest absolute Gasteiger partial charge is 0.273 e. The summed E-state index contributed by atoms with van der Waals surface area (Å²) in [6, 6.07) is 7.32. The number of anilines is 1. The van der Waals surface area contributed by atoms with E-state index in [0.29, 0.717) is 16.9 Å². The van der Waals surface area contributed by atoms with Gasteiger partial charge in [0.1, 0.15) is 11.9 Å². The molecule has 0 saturated carbocycles. The summed E-state index contributed by atoms with van der Waals surface area (Å²) in [6.07, 6.45) is 1.14. The molecule has 2 amide bonds. The molecule has 2 aliphatic heterocycles. The van der Waals surface area contributed by atoms with Crippen LogP contribution in [0.3, 0.4) is 0 Å². The van der Waals surface area contributed by atoms with Crippen LogP contribution in [0.1, 0.15) is 32.6 Å². The number of carbonyl (C=O) groups excluding carboxylic acids is 2. The number of hydrogen-bond acceptors (Lipinski definition) is 3. The van der Waals surface area contributed by atoms with Gasteiger partial charge >= 0.3 is 0 Å². The summed E-state index contributed by atoms with van der Waals surface area (Å²) in [6.45, 7) is 0. The molecule has 1 aromatic carbocycles. The molecule has 4 rings (SSSR count). The Labute approximate surface area is 108 Å². The fraction of sp³-hybridized carbons (Fsp3) is 0.154. The summed E-state index contributed by atoms with van der Waals surface area (Å²) in [5.41, 5.74) is 2.44. The van der Waals surface area contributed by atoms with E-state index in [1.165, 1.54) is 4.68 Å². The van der Waals surface area contributed by atoms with E-state index in [2.05, 4.69) is 10.4 Å². The Morgan fingerprint density at radius 3 is 2.89 bits per heavy atom. The standard InChI is InChI=1S/C13H10N4O2/c1-16-10-9(6-14-16)17-11(15-12(10)18)7-4-2-3-5-8(7)13(17)19/h2-6,11H,1H3,(H,15,18). The van der Waals surface area contributed by atoms with Crippen molar-refractivity contribution in [1.82, 2.24) is 15.1 Å². The van der Waals surface area contributed by atoms with E-state index in [4.69, 9.17) is 0 Å². The summed E-state index contributed by atoms with van der Waals surface area (Å²) < 4.78 is 1.48. The third-order valence-corrected chi connectivity index (χ3v) is 3.62. The zero-order valence-corrected chi connectivity index (χ0v) is 10.1. The van der Waals surface area contributed by atoms with Gasteiger partial charge < -0.3 is 5.32 Å². The molecule has 19 heavy (non-hydrogen) atoms. The zero-order valence-electron chi connectivity index (χ0n) is 10.1. The molecule has 94 valence electrons. The van der Waals surface area contributed by atoms with E-state index in [1.54, 1.807) is 24.2 Å². The van der Waals surface area contributed by atoms with Gasteiger partial charge in [-0.15, -0.1) is 0 Å². The van der Waals surface area contributed by atoms with Crippen molar-refractivity contribution in [2.75, 3.05) is 4.90 Å². The molecule has 0 bridgehead atoms. The number of amides is 2. The van der Waals surface area contributed by atoms with Gasteiger partial charge in [-0.2, -0.15) is 5.10 Å². The first-order valence-corrected chi connectivity index (χ1v) is 5.94. The minimum absolute atomic E-state index is 0.102. The van der Waals surface area contributed by atoms with Crippen LogP contribution in [0.25, 0.3) is 0 Å². The summed E-state index contributed by atoms with van der Waals surface area (Å²) >= 11 is 0. The van der Waals surface area contributed by atoms with E-state index < -0.39 is 6.17 Å². The molecule has 0 fully saturated rings. The molecule has 0 spiro atoms. The highest BCUT2D eigenvalue weighted by Gasteiger charge is 2.44. The Hall–Kier alpha value is -2.63. The van der Waals surface area contributed by atoms with E-state index in [9.17, 15) is 9.59 Å². The second kappa shape index (κ2) is 3.23. The Morgan fingerprint density at radius 1 is 1.26 bits per heavy atom. The summed E-state index contributed by atoms with van der Waals surface area (Å²) in [5, 5.41) is 6.92. The molecule has 1 atom stereocenters. The number of hydrogen-bond donors (Lipinski definition) is 1. The minimum atomic E-state index is -0.423. The molecule has 2 aromatic rings. The van der Waals surface area contributed by atoms with Gasteiger partial charge in [-0.3, -0.25) is 19.2 Å². The third kappa shape index (κ3) is 1.13. The van der Waals surface area contributed by atoms with Gasteiger partial charge in [-0.1, -0.05) is 18.2 Å². The van der Waals surface area contributed by atoms with Crippen molar-refractivity contribution in [3.63, 3.8) is 0 Å². The lowest BCUT2D eigenvalue weighted by Crippen LogP contribution is -2.45. The zero-order chi connectivity index (χ0) is 13.1. The van der Waals surface area contributed by atoms with Gasteiger partial charge in [0, 0.05) is 18.2 Å². The third-order valence-electron chi connectivity index (χ3n) is 3.62. The second-order valence-electron chi connectivity index (χ2n) is 4.64. The lowest BCUT2D eigenvalue weighted by molar-refractivity contribution is 0.0904. The van der Waals surface area contributed by atoms with E-state index in [-0.39, 0.29) is 11.8 Å². The number of aryl methyl sites for hydroxylation is 1. The second-order valence-corrected chi connectivity index (χ2v) is 4.64. The van der Waals surface area contributed by atoms with Gasteiger partial charge in [-0.25, -0.2) is 0 Å². The van der Waals surface area contributed by atoms with E-state index in [1.807, 2.05) is 18.2 Å². The fourth-order valence-electron chi connectivity index (χ4n) is 2.77. The number of rotatable bonds is 0. The first kappa shape index (κ1) is 10.3. The van der Waals surface area contributed by atoms with Crippen molar-refractivity contribution in [3.8, 4) is 0 Å². The number of benzene rings is 1. The molecule has 1 unspecified atom stereocenters. The van der Waals surface area contributed by atoms with Crippen LogP contribution in [0.4, 0.5) is 5.69 Å². The van der Waals surface area contributed by atoms with Crippen LogP contribution in [0.2, 0.25) is 0 Å². The number of nitrogens with one attached hydrogen (secondary N) is 1. The van der Waals surface area contributed by atoms with Gasteiger partial charge in [0.2, 0.25) is 0 Å². The van der Waals surface area contributed by atoms with Crippen LogP contribution in [0, 0.1) is 0 Å². The average Bonchev–Trinajstić information content (AvgIpc) is 2.92. The number of carbonyl (C=O) groups is 2. The van der Waals surface area contributed by atoms with Crippen molar-refractivity contribution < 1.29 is 9.59 Å². The molecule has 1 N–H and O–H groups in total. The Balaban J connectivity index is 1.97. The fourth-order valence-corrected chi connectivity index (χ4v) is 2.77. The lowest BCUT2D eigenvalue weighted by Gasteiger charge is -2.30. The monoisotopic (exact) mass is 254 g/mol. The first-order valence-electron chi connectivity index (χ1n) is 5.94. The molecule has 0 radical (unpaired) electrons. The normalized spacial score (nSPS) is 19.8. The molecule has 1 aromatic heterocycles.